The van der Waals surface area contributed by atoms with Crippen LogP contribution in [0.4, 0.5) is 0 Å². The maximum Gasteiger partial charge on any atom is 0.0207 e. The third kappa shape index (κ3) is 1.41. The number of nitrogens with zero attached hydrogens (tertiary/aromatic N) is 1. The Labute approximate surface area is 67.9 Å². The van der Waals surface area contributed by atoms with E-state index in [4.69, 9.17) is 5.84 Å². The molecular formula is C8H17N3. The van der Waals surface area contributed by atoms with Crippen LogP contribution >= 0.6 is 0 Å². The summed E-state index contributed by atoms with van der Waals surface area (Å²) in [5.41, 5.74) is 0.482. The standard InChI is InChI=1S/C8H17N3/c9-11-6-3-8(4-7-11)2-1-5-10-8/h10H,1-7,9H2. The lowest BCUT2D eigenvalue weighted by atomic mass is 9.87. The van der Waals surface area contributed by atoms with Crippen LogP contribution in [-0.4, -0.2) is 30.2 Å². The third-order valence-corrected chi connectivity index (χ3v) is 3.09. The van der Waals surface area contributed by atoms with Crippen LogP contribution in [-0.2, 0) is 0 Å². The van der Waals surface area contributed by atoms with Crippen molar-refractivity contribution in [2.45, 2.75) is 31.2 Å². The summed E-state index contributed by atoms with van der Waals surface area (Å²) in [5.74, 6) is 5.69. The summed E-state index contributed by atoms with van der Waals surface area (Å²) >= 11 is 0. The summed E-state index contributed by atoms with van der Waals surface area (Å²) in [4.78, 5) is 0. The second-order valence-corrected chi connectivity index (χ2v) is 3.85. The van der Waals surface area contributed by atoms with Crippen LogP contribution in [0.3, 0.4) is 0 Å². The Balaban J connectivity index is 1.94. The third-order valence-electron chi connectivity index (χ3n) is 3.09. The first-order chi connectivity index (χ1) is 5.31. The number of hydrogen-bond donors (Lipinski definition) is 2. The first-order valence-electron chi connectivity index (χ1n) is 4.55. The number of nitrogens with two attached hydrogens (primary N) is 1. The number of piperidine rings is 1. The number of hydrazine groups is 1. The van der Waals surface area contributed by atoms with Gasteiger partial charge in [0.2, 0.25) is 0 Å². The molecule has 0 aliphatic carbocycles. The molecule has 0 aromatic rings. The Bertz CT molecular complexity index is 130. The summed E-state index contributed by atoms with van der Waals surface area (Å²) in [6.07, 6.45) is 5.19. The summed E-state index contributed by atoms with van der Waals surface area (Å²) in [6, 6.07) is 0. The lowest BCUT2D eigenvalue weighted by Gasteiger charge is -2.37. The van der Waals surface area contributed by atoms with Crippen LogP contribution in [0.5, 0.6) is 0 Å². The molecule has 0 aromatic carbocycles. The van der Waals surface area contributed by atoms with Gasteiger partial charge in [-0.3, -0.25) is 5.84 Å². The van der Waals surface area contributed by atoms with Crippen LogP contribution < -0.4 is 11.2 Å². The number of hydrogen-bond acceptors (Lipinski definition) is 3. The average Bonchev–Trinajstić information content (AvgIpc) is 2.45. The summed E-state index contributed by atoms with van der Waals surface area (Å²) in [6.45, 7) is 3.34. The van der Waals surface area contributed by atoms with E-state index in [2.05, 4.69) is 5.32 Å². The molecule has 3 heteroatoms. The zero-order chi connectivity index (χ0) is 7.73. The largest absolute Gasteiger partial charge is 0.311 e. The van der Waals surface area contributed by atoms with Gasteiger partial charge < -0.3 is 5.32 Å². The van der Waals surface area contributed by atoms with Crippen molar-refractivity contribution < 1.29 is 0 Å². The topological polar surface area (TPSA) is 41.3 Å². The molecule has 2 rings (SSSR count). The maximum atomic E-state index is 5.69. The quantitative estimate of drug-likeness (QED) is 0.487. The van der Waals surface area contributed by atoms with Gasteiger partial charge in [-0.25, -0.2) is 5.01 Å². The van der Waals surface area contributed by atoms with Crippen LogP contribution in [0.1, 0.15) is 25.7 Å². The molecule has 3 nitrogen and oxygen atoms in total. The number of nitrogens with one attached hydrogen (secondary N) is 1. The van der Waals surface area contributed by atoms with E-state index >= 15 is 0 Å². The van der Waals surface area contributed by atoms with Crippen molar-refractivity contribution in [3.8, 4) is 0 Å². The van der Waals surface area contributed by atoms with Crippen LogP contribution in [0.2, 0.25) is 0 Å². The molecule has 64 valence electrons. The Morgan fingerprint density at radius 1 is 1.18 bits per heavy atom. The second kappa shape index (κ2) is 2.73. The van der Waals surface area contributed by atoms with Gasteiger partial charge in [-0.15, -0.1) is 0 Å². The van der Waals surface area contributed by atoms with Crippen molar-refractivity contribution >= 4 is 0 Å². The molecule has 11 heavy (non-hydrogen) atoms. The Hall–Kier alpha value is -0.120. The van der Waals surface area contributed by atoms with Gasteiger partial charge in [0.1, 0.15) is 0 Å². The lowest BCUT2D eigenvalue weighted by molar-refractivity contribution is 0.150. The van der Waals surface area contributed by atoms with Crippen molar-refractivity contribution in [2.24, 2.45) is 5.84 Å². The summed E-state index contributed by atoms with van der Waals surface area (Å²) < 4.78 is 0. The van der Waals surface area contributed by atoms with Gasteiger partial charge in [0.15, 0.2) is 0 Å². The highest BCUT2D eigenvalue weighted by atomic mass is 15.4. The van der Waals surface area contributed by atoms with E-state index in [1.165, 1.54) is 32.2 Å². The monoisotopic (exact) mass is 155 g/mol. The van der Waals surface area contributed by atoms with E-state index in [0.717, 1.165) is 13.1 Å². The Morgan fingerprint density at radius 2 is 1.91 bits per heavy atom. The SMILES string of the molecule is NN1CCC2(CCCN2)CC1. The minimum Gasteiger partial charge on any atom is -0.311 e. The molecule has 0 amide bonds. The van der Waals surface area contributed by atoms with E-state index < -0.39 is 0 Å². The molecular weight excluding hydrogens is 138 g/mol. The maximum absolute atomic E-state index is 5.69. The highest BCUT2D eigenvalue weighted by Gasteiger charge is 2.35. The van der Waals surface area contributed by atoms with Crippen molar-refractivity contribution in [1.29, 1.82) is 0 Å². The fraction of sp³-hybridized carbons (Fsp3) is 1.00. The Kier molecular flexibility index (Phi) is 1.87. The predicted molar refractivity (Wildman–Crippen MR) is 45.0 cm³/mol. The van der Waals surface area contributed by atoms with E-state index in [1.54, 1.807) is 0 Å². The minimum absolute atomic E-state index is 0.482. The molecule has 0 radical (unpaired) electrons. The Morgan fingerprint density at radius 3 is 2.45 bits per heavy atom. The van der Waals surface area contributed by atoms with Crippen molar-refractivity contribution in [1.82, 2.24) is 10.3 Å². The van der Waals surface area contributed by atoms with Gasteiger partial charge in [-0.1, -0.05) is 0 Å². The van der Waals surface area contributed by atoms with E-state index in [1.807, 2.05) is 5.01 Å². The lowest BCUT2D eigenvalue weighted by Crippen LogP contribution is -2.51. The molecule has 0 aromatic heterocycles. The predicted octanol–water partition coefficient (Wildman–Crippen LogP) is 0.0781. The second-order valence-electron chi connectivity index (χ2n) is 3.85. The molecule has 1 spiro atoms. The van der Waals surface area contributed by atoms with Crippen LogP contribution in [0.15, 0.2) is 0 Å². The number of rotatable bonds is 0. The van der Waals surface area contributed by atoms with Crippen molar-refractivity contribution in [2.75, 3.05) is 19.6 Å². The zero-order valence-electron chi connectivity index (χ0n) is 6.97. The molecule has 0 saturated carbocycles. The fourth-order valence-electron chi connectivity index (χ4n) is 2.25. The van der Waals surface area contributed by atoms with E-state index in [9.17, 15) is 0 Å². The normalized spacial score (nSPS) is 31.4. The molecule has 0 bridgehead atoms. The summed E-state index contributed by atoms with van der Waals surface area (Å²) in [7, 11) is 0. The minimum atomic E-state index is 0.482. The smallest absolute Gasteiger partial charge is 0.0207 e. The van der Waals surface area contributed by atoms with Crippen molar-refractivity contribution in [3.05, 3.63) is 0 Å². The average molecular weight is 155 g/mol. The molecule has 2 aliphatic heterocycles. The van der Waals surface area contributed by atoms with Gasteiger partial charge in [-0.05, 0) is 32.2 Å². The molecule has 2 heterocycles. The van der Waals surface area contributed by atoms with E-state index in [-0.39, 0.29) is 0 Å². The summed E-state index contributed by atoms with van der Waals surface area (Å²) in [5, 5.41) is 5.55. The molecule has 0 atom stereocenters. The van der Waals surface area contributed by atoms with Crippen LogP contribution in [0.25, 0.3) is 0 Å². The highest BCUT2D eigenvalue weighted by Crippen LogP contribution is 2.29. The fourth-order valence-corrected chi connectivity index (χ4v) is 2.25. The van der Waals surface area contributed by atoms with Crippen LogP contribution in [0, 0.1) is 0 Å². The highest BCUT2D eigenvalue weighted by molar-refractivity contribution is 4.96. The first-order valence-corrected chi connectivity index (χ1v) is 4.55. The first kappa shape index (κ1) is 7.53. The van der Waals surface area contributed by atoms with Gasteiger partial charge in [0.25, 0.3) is 0 Å². The van der Waals surface area contributed by atoms with Gasteiger partial charge in [-0.2, -0.15) is 0 Å². The molecule has 3 N–H and O–H groups in total. The molecule has 2 aliphatic rings. The van der Waals surface area contributed by atoms with E-state index in [0.29, 0.717) is 5.54 Å². The molecule has 2 saturated heterocycles. The molecule has 0 unspecified atom stereocenters. The van der Waals surface area contributed by atoms with Gasteiger partial charge in [0, 0.05) is 18.6 Å². The van der Waals surface area contributed by atoms with Crippen molar-refractivity contribution in [3.63, 3.8) is 0 Å². The van der Waals surface area contributed by atoms with Gasteiger partial charge in [0.05, 0.1) is 0 Å². The molecule has 2 fully saturated rings. The zero-order valence-corrected chi connectivity index (χ0v) is 6.97. The van der Waals surface area contributed by atoms with Gasteiger partial charge >= 0.3 is 0 Å².